The Labute approximate surface area is 138 Å². The molecule has 0 atom stereocenters. The minimum atomic E-state index is -0.116. The number of hydrogen-bond donors (Lipinski definition) is 2. The molecule has 1 amide bonds. The van der Waals surface area contributed by atoms with E-state index in [0.29, 0.717) is 18.9 Å². The number of nitrogens with one attached hydrogen (secondary N) is 2. The quantitative estimate of drug-likeness (QED) is 0.609. The summed E-state index contributed by atoms with van der Waals surface area (Å²) in [6.07, 6.45) is 6.75. The lowest BCUT2D eigenvalue weighted by molar-refractivity contribution is -0.121. The predicted molar refractivity (Wildman–Crippen MR) is 87.6 cm³/mol. The lowest BCUT2D eigenvalue weighted by Crippen LogP contribution is -2.32. The first-order valence-electron chi connectivity index (χ1n) is 7.53. The van der Waals surface area contributed by atoms with Gasteiger partial charge in [0.15, 0.2) is 0 Å². The van der Waals surface area contributed by atoms with Gasteiger partial charge in [-0.25, -0.2) is 19.6 Å². The van der Waals surface area contributed by atoms with Gasteiger partial charge in [-0.15, -0.1) is 0 Å². The van der Waals surface area contributed by atoms with Crippen molar-refractivity contribution in [2.24, 2.45) is 0 Å². The van der Waals surface area contributed by atoms with Crippen LogP contribution in [0.1, 0.15) is 5.82 Å². The Morgan fingerprint density at radius 2 is 2.04 bits per heavy atom. The summed E-state index contributed by atoms with van der Waals surface area (Å²) < 4.78 is 3.39. The van der Waals surface area contributed by atoms with E-state index >= 15 is 0 Å². The number of aromatic nitrogens is 6. The van der Waals surface area contributed by atoms with Crippen molar-refractivity contribution >= 4 is 11.7 Å². The summed E-state index contributed by atoms with van der Waals surface area (Å²) in [5.74, 6) is 2.08. The van der Waals surface area contributed by atoms with Gasteiger partial charge in [0.05, 0.1) is 0 Å². The third-order valence-electron chi connectivity index (χ3n) is 3.22. The summed E-state index contributed by atoms with van der Waals surface area (Å²) in [5.41, 5.74) is 0. The Balaban J connectivity index is 1.49. The van der Waals surface area contributed by atoms with Crippen molar-refractivity contribution in [3.05, 3.63) is 49.1 Å². The number of anilines is 1. The van der Waals surface area contributed by atoms with E-state index in [9.17, 15) is 4.79 Å². The van der Waals surface area contributed by atoms with Crippen molar-refractivity contribution in [1.29, 1.82) is 0 Å². The lowest BCUT2D eigenvalue weighted by atomic mass is 10.4. The van der Waals surface area contributed by atoms with Crippen molar-refractivity contribution in [2.75, 3.05) is 18.4 Å². The van der Waals surface area contributed by atoms with E-state index < -0.39 is 0 Å². The first-order chi connectivity index (χ1) is 11.7. The number of aryl methyl sites for hydroxylation is 1. The van der Waals surface area contributed by atoms with Crippen LogP contribution in [0.3, 0.4) is 0 Å². The van der Waals surface area contributed by atoms with Crippen LogP contribution in [0, 0.1) is 6.92 Å². The molecule has 0 aromatic carbocycles. The van der Waals surface area contributed by atoms with Crippen LogP contribution in [0.15, 0.2) is 43.2 Å². The molecule has 9 nitrogen and oxygen atoms in total. The Kier molecular flexibility index (Phi) is 4.80. The van der Waals surface area contributed by atoms with Crippen LogP contribution in [0.4, 0.5) is 5.82 Å². The van der Waals surface area contributed by atoms with Gasteiger partial charge in [-0.05, 0) is 19.1 Å². The largest absolute Gasteiger partial charge is 0.368 e. The zero-order valence-electron chi connectivity index (χ0n) is 13.3. The van der Waals surface area contributed by atoms with Gasteiger partial charge in [0.2, 0.25) is 5.91 Å². The fraction of sp³-hybridized carbons (Fsp3) is 0.267. The van der Waals surface area contributed by atoms with E-state index in [1.807, 2.05) is 42.1 Å². The summed E-state index contributed by atoms with van der Waals surface area (Å²) >= 11 is 0. The van der Waals surface area contributed by atoms with Gasteiger partial charge in [0, 0.05) is 31.5 Å². The molecule has 0 aliphatic carbocycles. The van der Waals surface area contributed by atoms with E-state index in [2.05, 4.69) is 30.7 Å². The van der Waals surface area contributed by atoms with Crippen molar-refractivity contribution in [3.63, 3.8) is 0 Å². The van der Waals surface area contributed by atoms with Crippen LogP contribution in [-0.4, -0.2) is 48.3 Å². The highest BCUT2D eigenvalue weighted by Crippen LogP contribution is 2.10. The third-order valence-corrected chi connectivity index (χ3v) is 3.22. The van der Waals surface area contributed by atoms with Gasteiger partial charge in [-0.3, -0.25) is 4.79 Å². The second-order valence-electron chi connectivity index (χ2n) is 5.12. The molecule has 0 radical (unpaired) electrons. The molecule has 0 spiro atoms. The summed E-state index contributed by atoms with van der Waals surface area (Å²) in [4.78, 5) is 24.3. The number of carbonyl (C=O) groups excluding carboxylic acids is 1. The van der Waals surface area contributed by atoms with Gasteiger partial charge in [0.25, 0.3) is 0 Å². The molecular weight excluding hydrogens is 308 g/mol. The Bertz CT molecular complexity index is 782. The monoisotopic (exact) mass is 326 g/mol. The number of rotatable bonds is 7. The lowest BCUT2D eigenvalue weighted by Gasteiger charge is -2.10. The van der Waals surface area contributed by atoms with Gasteiger partial charge in [-0.2, -0.15) is 5.10 Å². The maximum atomic E-state index is 11.7. The molecule has 24 heavy (non-hydrogen) atoms. The van der Waals surface area contributed by atoms with E-state index in [0.717, 1.165) is 11.6 Å². The maximum absolute atomic E-state index is 11.7. The number of nitrogens with zero attached hydrogens (tertiary/aromatic N) is 6. The molecule has 0 aliphatic heterocycles. The van der Waals surface area contributed by atoms with Crippen LogP contribution in [-0.2, 0) is 11.3 Å². The normalized spacial score (nSPS) is 10.5. The fourth-order valence-corrected chi connectivity index (χ4v) is 2.17. The van der Waals surface area contributed by atoms with E-state index in [4.69, 9.17) is 0 Å². The summed E-state index contributed by atoms with van der Waals surface area (Å²) in [7, 11) is 0. The second kappa shape index (κ2) is 7.36. The van der Waals surface area contributed by atoms with Crippen molar-refractivity contribution in [2.45, 2.75) is 13.5 Å². The van der Waals surface area contributed by atoms with Gasteiger partial charge < -0.3 is 15.2 Å². The molecule has 0 saturated heterocycles. The van der Waals surface area contributed by atoms with Crippen LogP contribution < -0.4 is 10.6 Å². The molecule has 3 aromatic heterocycles. The van der Waals surface area contributed by atoms with E-state index in [1.54, 1.807) is 0 Å². The van der Waals surface area contributed by atoms with Crippen LogP contribution >= 0.6 is 0 Å². The molecule has 3 aromatic rings. The van der Waals surface area contributed by atoms with Crippen molar-refractivity contribution in [1.82, 2.24) is 34.6 Å². The first kappa shape index (κ1) is 15.7. The molecule has 0 saturated carbocycles. The first-order valence-corrected chi connectivity index (χ1v) is 7.53. The molecule has 124 valence electrons. The molecule has 3 rings (SSSR count). The predicted octanol–water partition coefficient (Wildman–Crippen LogP) is 0.396. The topological polar surface area (TPSA) is 103 Å². The van der Waals surface area contributed by atoms with Gasteiger partial charge >= 0.3 is 0 Å². The van der Waals surface area contributed by atoms with Crippen LogP contribution in [0.2, 0.25) is 0 Å². The molecule has 0 aliphatic rings. The van der Waals surface area contributed by atoms with Crippen LogP contribution in [0.25, 0.3) is 5.82 Å². The SMILES string of the molecule is Cc1nc(NCCNC(=O)Cn2cncn2)cc(-n2cccc2)n1. The van der Waals surface area contributed by atoms with Gasteiger partial charge in [0.1, 0.15) is 36.7 Å². The molecule has 0 bridgehead atoms. The second-order valence-corrected chi connectivity index (χ2v) is 5.12. The Hall–Kier alpha value is -3.23. The highest BCUT2D eigenvalue weighted by atomic mass is 16.2. The third kappa shape index (κ3) is 4.15. The number of amides is 1. The average Bonchev–Trinajstić information content (AvgIpc) is 3.24. The fourth-order valence-electron chi connectivity index (χ4n) is 2.17. The molecule has 3 heterocycles. The minimum Gasteiger partial charge on any atom is -0.368 e. The molecule has 0 fully saturated rings. The Morgan fingerprint density at radius 1 is 1.21 bits per heavy atom. The highest BCUT2D eigenvalue weighted by Gasteiger charge is 2.04. The van der Waals surface area contributed by atoms with Gasteiger partial charge in [-0.1, -0.05) is 0 Å². The summed E-state index contributed by atoms with van der Waals surface area (Å²) in [5, 5.41) is 9.88. The van der Waals surface area contributed by atoms with E-state index in [-0.39, 0.29) is 12.5 Å². The standard InChI is InChI=1S/C15H18N8O/c1-12-20-13(8-14(21-12)22-6-2-3-7-22)17-4-5-18-15(24)9-23-11-16-10-19-23/h2-3,6-8,10-11H,4-5,9H2,1H3,(H,18,24)(H,17,20,21). The van der Waals surface area contributed by atoms with E-state index in [1.165, 1.54) is 17.3 Å². The molecule has 9 heteroatoms. The van der Waals surface area contributed by atoms with Crippen molar-refractivity contribution < 1.29 is 4.79 Å². The zero-order valence-corrected chi connectivity index (χ0v) is 13.3. The number of hydrogen-bond acceptors (Lipinski definition) is 6. The molecule has 2 N–H and O–H groups in total. The smallest absolute Gasteiger partial charge is 0.241 e. The maximum Gasteiger partial charge on any atom is 0.241 e. The Morgan fingerprint density at radius 3 is 2.79 bits per heavy atom. The minimum absolute atomic E-state index is 0.116. The van der Waals surface area contributed by atoms with Crippen LogP contribution in [0.5, 0.6) is 0 Å². The molecule has 0 unspecified atom stereocenters. The summed E-state index contributed by atoms with van der Waals surface area (Å²) in [6.45, 7) is 3.04. The number of carbonyl (C=O) groups is 1. The summed E-state index contributed by atoms with van der Waals surface area (Å²) in [6, 6.07) is 5.74. The van der Waals surface area contributed by atoms with Crippen molar-refractivity contribution in [3.8, 4) is 5.82 Å². The molecular formula is C15H18N8O. The zero-order chi connectivity index (χ0) is 16.8. The highest BCUT2D eigenvalue weighted by molar-refractivity contribution is 5.75. The average molecular weight is 326 g/mol.